The van der Waals surface area contributed by atoms with Gasteiger partial charge in [-0.05, 0) is 12.5 Å². The molecule has 0 aliphatic carbocycles. The zero-order valence-electron chi connectivity index (χ0n) is 11.5. The summed E-state index contributed by atoms with van der Waals surface area (Å²) in [6.07, 6.45) is 0.144. The number of nitrogens with one attached hydrogen (secondary N) is 1. The van der Waals surface area contributed by atoms with Gasteiger partial charge in [0.05, 0.1) is 18.0 Å². The highest BCUT2D eigenvalue weighted by molar-refractivity contribution is 5.94. The minimum Gasteiger partial charge on any atom is -0.477 e. The second kappa shape index (κ2) is 7.95. The molecule has 0 fully saturated rings. The van der Waals surface area contributed by atoms with E-state index < -0.39 is 16.6 Å². The molecule has 0 atom stereocenters. The van der Waals surface area contributed by atoms with Crippen LogP contribution in [0.5, 0.6) is 0 Å². The molecule has 0 heterocycles. The number of carbonyl (C=O) groups is 2. The zero-order valence-corrected chi connectivity index (χ0v) is 11.5. The van der Waals surface area contributed by atoms with Crippen molar-refractivity contribution >= 4 is 17.6 Å². The van der Waals surface area contributed by atoms with Gasteiger partial charge in [0.2, 0.25) is 0 Å². The first-order valence-corrected chi connectivity index (χ1v) is 6.33. The van der Waals surface area contributed by atoms with E-state index in [0.717, 1.165) is 6.07 Å². The fraction of sp³-hybridized carbons (Fsp3) is 0.385. The lowest BCUT2D eigenvalue weighted by Crippen LogP contribution is -2.20. The number of carboxylic acids is 1. The molecule has 1 aromatic carbocycles. The van der Waals surface area contributed by atoms with Gasteiger partial charge in [0.25, 0.3) is 5.69 Å². The molecule has 1 aromatic rings. The smallest absolute Gasteiger partial charge is 0.343 e. The van der Waals surface area contributed by atoms with Crippen LogP contribution >= 0.6 is 0 Å². The topological polar surface area (TPSA) is 119 Å². The molecule has 0 aromatic heterocycles. The third-order valence-electron chi connectivity index (χ3n) is 2.67. The number of rotatable bonds is 8. The van der Waals surface area contributed by atoms with Crippen molar-refractivity contribution < 1.29 is 24.4 Å². The fourth-order valence-electron chi connectivity index (χ4n) is 1.78. The van der Waals surface area contributed by atoms with Gasteiger partial charge in [0, 0.05) is 19.2 Å². The number of aromatic carboxylic acids is 1. The lowest BCUT2D eigenvalue weighted by molar-refractivity contribution is -0.385. The number of esters is 1. The average molecular weight is 296 g/mol. The molecule has 0 aliphatic heterocycles. The summed E-state index contributed by atoms with van der Waals surface area (Å²) in [6.45, 7) is 2.41. The highest BCUT2D eigenvalue weighted by atomic mass is 16.6. The molecular formula is C13H16N2O6. The maximum atomic E-state index is 11.2. The summed E-state index contributed by atoms with van der Waals surface area (Å²) < 4.78 is 4.74. The Balaban J connectivity index is 2.71. The SMILES string of the molecule is CCOC(=O)CCNCc1cccc([N+](=O)[O-])c1C(=O)O. The van der Waals surface area contributed by atoms with Gasteiger partial charge in [0.1, 0.15) is 5.56 Å². The molecule has 8 heteroatoms. The molecule has 1 rings (SSSR count). The fourth-order valence-corrected chi connectivity index (χ4v) is 1.78. The summed E-state index contributed by atoms with van der Waals surface area (Å²) in [4.78, 5) is 32.4. The summed E-state index contributed by atoms with van der Waals surface area (Å²) in [6, 6.07) is 4.06. The normalized spacial score (nSPS) is 10.1. The number of nitro benzene ring substituents is 1. The number of nitro groups is 1. The van der Waals surface area contributed by atoms with E-state index >= 15 is 0 Å². The molecule has 0 radical (unpaired) electrons. The van der Waals surface area contributed by atoms with Crippen molar-refractivity contribution in [2.75, 3.05) is 13.2 Å². The first-order valence-electron chi connectivity index (χ1n) is 6.33. The van der Waals surface area contributed by atoms with Gasteiger partial charge in [-0.1, -0.05) is 12.1 Å². The molecule has 0 saturated carbocycles. The van der Waals surface area contributed by atoms with Gasteiger partial charge >= 0.3 is 11.9 Å². The maximum Gasteiger partial charge on any atom is 0.343 e. The van der Waals surface area contributed by atoms with Crippen LogP contribution < -0.4 is 5.32 Å². The molecule has 0 unspecified atom stereocenters. The van der Waals surface area contributed by atoms with E-state index in [1.54, 1.807) is 6.92 Å². The molecular weight excluding hydrogens is 280 g/mol. The van der Waals surface area contributed by atoms with E-state index in [2.05, 4.69) is 5.32 Å². The number of ether oxygens (including phenoxy) is 1. The molecule has 0 spiro atoms. The monoisotopic (exact) mass is 296 g/mol. The van der Waals surface area contributed by atoms with Gasteiger partial charge < -0.3 is 15.2 Å². The zero-order chi connectivity index (χ0) is 15.8. The summed E-state index contributed by atoms with van der Waals surface area (Å²) in [5.74, 6) is -1.72. The minimum absolute atomic E-state index is 0.114. The van der Waals surface area contributed by atoms with E-state index in [-0.39, 0.29) is 24.5 Å². The number of nitrogens with zero attached hydrogens (tertiary/aromatic N) is 1. The number of benzene rings is 1. The Morgan fingerprint density at radius 3 is 2.71 bits per heavy atom. The Morgan fingerprint density at radius 2 is 2.14 bits per heavy atom. The Labute approximate surface area is 120 Å². The summed E-state index contributed by atoms with van der Waals surface area (Å²) in [5, 5.41) is 22.8. The Morgan fingerprint density at radius 1 is 1.43 bits per heavy atom. The molecule has 2 N–H and O–H groups in total. The molecule has 0 bridgehead atoms. The molecule has 0 saturated heterocycles. The first-order chi connectivity index (χ1) is 9.97. The second-order valence-electron chi connectivity index (χ2n) is 4.11. The van der Waals surface area contributed by atoms with Crippen molar-refractivity contribution in [3.05, 3.63) is 39.4 Å². The third-order valence-corrected chi connectivity index (χ3v) is 2.67. The van der Waals surface area contributed by atoms with Crippen LogP contribution in [0.25, 0.3) is 0 Å². The molecule has 0 amide bonds. The van der Waals surface area contributed by atoms with Crippen LogP contribution in [0.3, 0.4) is 0 Å². The predicted molar refractivity (Wildman–Crippen MR) is 73.0 cm³/mol. The van der Waals surface area contributed by atoms with Crippen LogP contribution in [0, 0.1) is 10.1 Å². The van der Waals surface area contributed by atoms with Crippen LogP contribution in [-0.2, 0) is 16.1 Å². The van der Waals surface area contributed by atoms with E-state index in [4.69, 9.17) is 9.84 Å². The number of carboxylic acid groups (broad SMARTS) is 1. The molecule has 0 aliphatic rings. The van der Waals surface area contributed by atoms with Crippen LogP contribution in [0.15, 0.2) is 18.2 Å². The largest absolute Gasteiger partial charge is 0.477 e. The van der Waals surface area contributed by atoms with Crippen LogP contribution in [0.4, 0.5) is 5.69 Å². The van der Waals surface area contributed by atoms with Crippen molar-refractivity contribution in [1.82, 2.24) is 5.32 Å². The Kier molecular flexibility index (Phi) is 6.28. The average Bonchev–Trinajstić information content (AvgIpc) is 2.43. The third kappa shape index (κ3) is 4.84. The number of hydrogen-bond acceptors (Lipinski definition) is 6. The van der Waals surface area contributed by atoms with Crippen molar-refractivity contribution in [3.8, 4) is 0 Å². The van der Waals surface area contributed by atoms with E-state index in [9.17, 15) is 19.7 Å². The van der Waals surface area contributed by atoms with E-state index in [1.807, 2.05) is 0 Å². The lowest BCUT2D eigenvalue weighted by Gasteiger charge is -2.08. The highest BCUT2D eigenvalue weighted by Gasteiger charge is 2.22. The van der Waals surface area contributed by atoms with Gasteiger partial charge in [0.15, 0.2) is 0 Å². The quantitative estimate of drug-likeness (QED) is 0.321. The maximum absolute atomic E-state index is 11.2. The Bertz CT molecular complexity index is 543. The van der Waals surface area contributed by atoms with Crippen molar-refractivity contribution in [1.29, 1.82) is 0 Å². The minimum atomic E-state index is -1.36. The van der Waals surface area contributed by atoms with Crippen molar-refractivity contribution in [2.45, 2.75) is 19.9 Å². The molecule has 114 valence electrons. The Hall–Kier alpha value is -2.48. The first kappa shape index (κ1) is 16.6. The lowest BCUT2D eigenvalue weighted by atomic mass is 10.1. The van der Waals surface area contributed by atoms with Gasteiger partial charge in [-0.15, -0.1) is 0 Å². The second-order valence-corrected chi connectivity index (χ2v) is 4.11. The van der Waals surface area contributed by atoms with Gasteiger partial charge in [-0.2, -0.15) is 0 Å². The van der Waals surface area contributed by atoms with Crippen molar-refractivity contribution in [3.63, 3.8) is 0 Å². The highest BCUT2D eigenvalue weighted by Crippen LogP contribution is 2.22. The van der Waals surface area contributed by atoms with E-state index in [0.29, 0.717) is 18.7 Å². The summed E-state index contributed by atoms with van der Waals surface area (Å²) in [7, 11) is 0. The van der Waals surface area contributed by atoms with E-state index in [1.165, 1.54) is 12.1 Å². The summed E-state index contributed by atoms with van der Waals surface area (Å²) in [5.41, 5.74) is -0.501. The predicted octanol–water partition coefficient (Wildman–Crippen LogP) is 1.34. The number of hydrogen-bond donors (Lipinski definition) is 2. The van der Waals surface area contributed by atoms with Crippen LogP contribution in [0.1, 0.15) is 29.3 Å². The van der Waals surface area contributed by atoms with Crippen LogP contribution in [0.2, 0.25) is 0 Å². The standard InChI is InChI=1S/C13H16N2O6/c1-2-21-11(16)6-7-14-8-9-4-3-5-10(15(19)20)12(9)13(17)18/h3-5,14H,2,6-8H2,1H3,(H,17,18). The van der Waals surface area contributed by atoms with Crippen LogP contribution in [-0.4, -0.2) is 35.1 Å². The van der Waals surface area contributed by atoms with Gasteiger partial charge in [-0.3, -0.25) is 14.9 Å². The molecule has 8 nitrogen and oxygen atoms in total. The van der Waals surface area contributed by atoms with Gasteiger partial charge in [-0.25, -0.2) is 4.79 Å². The molecule has 21 heavy (non-hydrogen) atoms. The van der Waals surface area contributed by atoms with Crippen molar-refractivity contribution in [2.24, 2.45) is 0 Å². The number of carbonyl (C=O) groups excluding carboxylic acids is 1. The summed E-state index contributed by atoms with van der Waals surface area (Å²) >= 11 is 0.